The fourth-order valence-electron chi connectivity index (χ4n) is 1.81. The zero-order valence-corrected chi connectivity index (χ0v) is 12.9. The van der Waals surface area contributed by atoms with Gasteiger partial charge in [-0.25, -0.2) is 13.1 Å². The first-order valence-corrected chi connectivity index (χ1v) is 7.92. The maximum Gasteiger partial charge on any atom is 0.304 e. The number of carboxylic acid groups (broad SMARTS) is 1. The molecule has 6 nitrogen and oxygen atoms in total. The number of hydrogen-bond acceptors (Lipinski definition) is 4. The van der Waals surface area contributed by atoms with Gasteiger partial charge < -0.3 is 9.84 Å². The predicted octanol–water partition coefficient (Wildman–Crippen LogP) is 1.22. The molecular formula is C12H25NO5S. The van der Waals surface area contributed by atoms with E-state index in [1.165, 1.54) is 7.11 Å². The maximum atomic E-state index is 11.8. The lowest BCUT2D eigenvalue weighted by atomic mass is 9.87. The summed E-state index contributed by atoms with van der Waals surface area (Å²) in [4.78, 5) is 10.8. The van der Waals surface area contributed by atoms with Gasteiger partial charge in [0.15, 0.2) is 0 Å². The van der Waals surface area contributed by atoms with Crippen LogP contribution in [-0.2, 0) is 19.6 Å². The Hall–Kier alpha value is -0.660. The van der Waals surface area contributed by atoms with Gasteiger partial charge in [0, 0.05) is 19.8 Å². The minimum Gasteiger partial charge on any atom is -0.481 e. The highest BCUT2D eigenvalue weighted by molar-refractivity contribution is 7.89. The van der Waals surface area contributed by atoms with Crippen LogP contribution in [-0.4, -0.2) is 45.0 Å². The van der Waals surface area contributed by atoms with E-state index in [2.05, 4.69) is 4.72 Å². The summed E-state index contributed by atoms with van der Waals surface area (Å²) in [5.41, 5.74) is -0.144. The molecule has 0 fully saturated rings. The molecule has 0 bridgehead atoms. The Morgan fingerprint density at radius 1 is 1.37 bits per heavy atom. The van der Waals surface area contributed by atoms with Crippen LogP contribution in [0.1, 0.15) is 40.0 Å². The van der Waals surface area contributed by atoms with Gasteiger partial charge in [0.1, 0.15) is 0 Å². The Balaban J connectivity index is 4.57. The average Bonchev–Trinajstić information content (AvgIpc) is 2.12. The minimum absolute atomic E-state index is 0.0545. The normalized spacial score (nSPS) is 14.3. The second-order valence-corrected chi connectivity index (χ2v) is 7.72. The first-order chi connectivity index (χ1) is 8.56. The van der Waals surface area contributed by atoms with Crippen LogP contribution in [0.5, 0.6) is 0 Å². The molecule has 0 saturated carbocycles. The van der Waals surface area contributed by atoms with Crippen LogP contribution in [0.15, 0.2) is 0 Å². The largest absolute Gasteiger partial charge is 0.481 e. The molecule has 0 amide bonds. The van der Waals surface area contributed by atoms with Crippen molar-refractivity contribution in [2.75, 3.05) is 19.5 Å². The van der Waals surface area contributed by atoms with Gasteiger partial charge in [-0.3, -0.25) is 4.79 Å². The molecule has 0 heterocycles. The van der Waals surface area contributed by atoms with Crippen LogP contribution in [0.4, 0.5) is 0 Å². The first kappa shape index (κ1) is 18.3. The molecular weight excluding hydrogens is 270 g/mol. The topological polar surface area (TPSA) is 92.7 Å². The van der Waals surface area contributed by atoms with Gasteiger partial charge >= 0.3 is 5.97 Å². The molecule has 114 valence electrons. The Kier molecular flexibility index (Phi) is 7.54. The van der Waals surface area contributed by atoms with Crippen molar-refractivity contribution in [3.63, 3.8) is 0 Å². The van der Waals surface area contributed by atoms with Crippen LogP contribution in [0.25, 0.3) is 0 Å². The standard InChI is InChI=1S/C12H25NO5S/c1-12(2,3)9-10(8-11(14)15)13-19(16,17)7-5-6-18-4/h10,13H,5-9H2,1-4H3,(H,14,15). The monoisotopic (exact) mass is 295 g/mol. The quantitative estimate of drug-likeness (QED) is 0.624. The Morgan fingerprint density at radius 2 is 1.95 bits per heavy atom. The van der Waals surface area contributed by atoms with Gasteiger partial charge in [0.25, 0.3) is 0 Å². The second kappa shape index (κ2) is 7.81. The zero-order chi connectivity index (χ0) is 15.1. The summed E-state index contributed by atoms with van der Waals surface area (Å²) in [6, 6.07) is -0.579. The van der Waals surface area contributed by atoms with Gasteiger partial charge in [-0.2, -0.15) is 0 Å². The summed E-state index contributed by atoms with van der Waals surface area (Å²) in [7, 11) is -1.96. The fourth-order valence-corrected chi connectivity index (χ4v) is 3.10. The van der Waals surface area contributed by atoms with Crippen LogP contribution in [0.3, 0.4) is 0 Å². The third kappa shape index (κ3) is 10.9. The number of carbonyl (C=O) groups is 1. The zero-order valence-electron chi connectivity index (χ0n) is 12.1. The lowest BCUT2D eigenvalue weighted by Crippen LogP contribution is -2.40. The Labute approximate surface area is 115 Å². The van der Waals surface area contributed by atoms with Crippen molar-refractivity contribution in [3.8, 4) is 0 Å². The van der Waals surface area contributed by atoms with E-state index in [0.717, 1.165) is 0 Å². The third-order valence-electron chi connectivity index (χ3n) is 2.39. The van der Waals surface area contributed by atoms with E-state index in [0.29, 0.717) is 19.4 Å². The summed E-state index contributed by atoms with van der Waals surface area (Å²) < 4.78 is 30.9. The molecule has 0 aromatic carbocycles. The SMILES string of the molecule is COCCCS(=O)(=O)NC(CC(=O)O)CC(C)(C)C. The van der Waals surface area contributed by atoms with E-state index in [9.17, 15) is 13.2 Å². The van der Waals surface area contributed by atoms with E-state index in [1.807, 2.05) is 20.8 Å². The first-order valence-electron chi connectivity index (χ1n) is 6.26. The number of aliphatic carboxylic acids is 1. The summed E-state index contributed by atoms with van der Waals surface area (Å²) >= 11 is 0. The number of carboxylic acids is 1. The van der Waals surface area contributed by atoms with Gasteiger partial charge in [-0.1, -0.05) is 20.8 Å². The highest BCUT2D eigenvalue weighted by atomic mass is 32.2. The number of rotatable bonds is 9. The van der Waals surface area contributed by atoms with Crippen molar-refractivity contribution in [2.24, 2.45) is 5.41 Å². The van der Waals surface area contributed by atoms with Crippen molar-refractivity contribution in [3.05, 3.63) is 0 Å². The summed E-state index contributed by atoms with van der Waals surface area (Å²) in [6.45, 7) is 6.20. The number of ether oxygens (including phenoxy) is 1. The Bertz CT molecular complexity index is 372. The van der Waals surface area contributed by atoms with E-state index in [1.54, 1.807) is 0 Å². The molecule has 0 radical (unpaired) electrons. The van der Waals surface area contributed by atoms with Gasteiger partial charge in [-0.15, -0.1) is 0 Å². The highest BCUT2D eigenvalue weighted by Gasteiger charge is 2.25. The van der Waals surface area contributed by atoms with Crippen molar-refractivity contribution in [2.45, 2.75) is 46.1 Å². The van der Waals surface area contributed by atoms with E-state index >= 15 is 0 Å². The van der Waals surface area contributed by atoms with Crippen LogP contribution in [0.2, 0.25) is 0 Å². The molecule has 0 spiro atoms. The lowest BCUT2D eigenvalue weighted by molar-refractivity contribution is -0.137. The smallest absolute Gasteiger partial charge is 0.304 e. The molecule has 0 aromatic rings. The van der Waals surface area contributed by atoms with Crippen molar-refractivity contribution in [1.29, 1.82) is 0 Å². The number of methoxy groups -OCH3 is 1. The van der Waals surface area contributed by atoms with E-state index in [-0.39, 0.29) is 17.6 Å². The van der Waals surface area contributed by atoms with Crippen LogP contribution < -0.4 is 4.72 Å². The van der Waals surface area contributed by atoms with Gasteiger partial charge in [0.05, 0.1) is 12.2 Å². The summed E-state index contributed by atoms with van der Waals surface area (Å²) in [5, 5.41) is 8.84. The molecule has 2 N–H and O–H groups in total. The maximum absolute atomic E-state index is 11.8. The number of sulfonamides is 1. The summed E-state index contributed by atoms with van der Waals surface area (Å²) in [6.07, 6.45) is 0.657. The minimum atomic E-state index is -3.46. The number of nitrogens with one attached hydrogen (secondary N) is 1. The molecule has 0 aliphatic heterocycles. The van der Waals surface area contributed by atoms with Crippen molar-refractivity contribution < 1.29 is 23.1 Å². The second-order valence-electron chi connectivity index (χ2n) is 5.84. The molecule has 0 saturated heterocycles. The summed E-state index contributed by atoms with van der Waals surface area (Å²) in [5.74, 6) is -1.06. The highest BCUT2D eigenvalue weighted by Crippen LogP contribution is 2.22. The van der Waals surface area contributed by atoms with Crippen molar-refractivity contribution >= 4 is 16.0 Å². The molecule has 0 rings (SSSR count). The van der Waals surface area contributed by atoms with Gasteiger partial charge in [0.2, 0.25) is 10.0 Å². The van der Waals surface area contributed by atoms with Crippen molar-refractivity contribution in [1.82, 2.24) is 4.72 Å². The number of hydrogen-bond donors (Lipinski definition) is 2. The molecule has 7 heteroatoms. The van der Waals surface area contributed by atoms with Crippen LogP contribution in [0, 0.1) is 5.41 Å². The molecule has 0 aliphatic carbocycles. The molecule has 19 heavy (non-hydrogen) atoms. The van der Waals surface area contributed by atoms with E-state index < -0.39 is 22.0 Å². The predicted molar refractivity (Wildman–Crippen MR) is 73.5 cm³/mol. The molecule has 0 aromatic heterocycles. The third-order valence-corrected chi connectivity index (χ3v) is 3.91. The Morgan fingerprint density at radius 3 is 2.37 bits per heavy atom. The lowest BCUT2D eigenvalue weighted by Gasteiger charge is -2.25. The molecule has 1 unspecified atom stereocenters. The molecule has 1 atom stereocenters. The average molecular weight is 295 g/mol. The molecule has 0 aliphatic rings. The van der Waals surface area contributed by atoms with Gasteiger partial charge in [-0.05, 0) is 18.3 Å². The van der Waals surface area contributed by atoms with Crippen LogP contribution >= 0.6 is 0 Å². The van der Waals surface area contributed by atoms with E-state index in [4.69, 9.17) is 9.84 Å². The fraction of sp³-hybridized carbons (Fsp3) is 0.917.